The molecule has 0 bridgehead atoms. The number of aromatic nitrogens is 2. The highest BCUT2D eigenvalue weighted by atomic mass is 35.5. The van der Waals surface area contributed by atoms with Crippen LogP contribution in [0.2, 0.25) is 5.02 Å². The van der Waals surface area contributed by atoms with E-state index in [1.54, 1.807) is 4.68 Å². The van der Waals surface area contributed by atoms with Crippen molar-refractivity contribution in [1.29, 1.82) is 0 Å². The molecule has 0 aliphatic heterocycles. The van der Waals surface area contributed by atoms with E-state index in [0.29, 0.717) is 11.7 Å². The number of hydrogen-bond acceptors (Lipinski definition) is 2. The van der Waals surface area contributed by atoms with Gasteiger partial charge < -0.3 is 5.73 Å². The van der Waals surface area contributed by atoms with Crippen molar-refractivity contribution in [2.45, 2.75) is 27.2 Å². The molecular formula is C14H18ClN3. The number of benzene rings is 1. The molecule has 0 saturated carbocycles. The quantitative estimate of drug-likeness (QED) is 0.919. The Morgan fingerprint density at radius 3 is 2.67 bits per heavy atom. The maximum Gasteiger partial charge on any atom is 0.127 e. The van der Waals surface area contributed by atoms with E-state index in [4.69, 9.17) is 17.3 Å². The Kier molecular flexibility index (Phi) is 3.62. The Bertz CT molecular complexity index is 558. The van der Waals surface area contributed by atoms with Crippen LogP contribution >= 0.6 is 11.6 Å². The third-order valence-corrected chi connectivity index (χ3v) is 3.21. The van der Waals surface area contributed by atoms with Gasteiger partial charge in [0.1, 0.15) is 5.82 Å². The number of anilines is 1. The van der Waals surface area contributed by atoms with Crippen LogP contribution in [-0.4, -0.2) is 9.78 Å². The van der Waals surface area contributed by atoms with Crippen molar-refractivity contribution < 1.29 is 0 Å². The van der Waals surface area contributed by atoms with Gasteiger partial charge in [-0.25, -0.2) is 4.68 Å². The molecule has 0 fully saturated rings. The SMILES string of the molecule is Cc1ccc(-n2nc(CC(C)C)cc2N)cc1Cl. The second-order valence-corrected chi connectivity index (χ2v) is 5.41. The normalized spacial score (nSPS) is 11.2. The molecule has 0 saturated heterocycles. The largest absolute Gasteiger partial charge is 0.384 e. The van der Waals surface area contributed by atoms with E-state index < -0.39 is 0 Å². The molecule has 0 atom stereocenters. The number of rotatable bonds is 3. The van der Waals surface area contributed by atoms with Gasteiger partial charge in [0.25, 0.3) is 0 Å². The molecule has 1 heterocycles. The van der Waals surface area contributed by atoms with Gasteiger partial charge in [-0.15, -0.1) is 0 Å². The summed E-state index contributed by atoms with van der Waals surface area (Å²) in [5, 5.41) is 5.25. The standard InChI is InChI=1S/C14H18ClN3/c1-9(2)6-11-7-14(16)18(17-11)12-5-4-10(3)13(15)8-12/h4-5,7-9H,6,16H2,1-3H3. The Balaban J connectivity index is 2.38. The number of hydrogen-bond donors (Lipinski definition) is 1. The van der Waals surface area contributed by atoms with Crippen LogP contribution in [0.3, 0.4) is 0 Å². The first-order valence-electron chi connectivity index (χ1n) is 6.08. The Morgan fingerprint density at radius 1 is 1.33 bits per heavy atom. The van der Waals surface area contributed by atoms with E-state index in [2.05, 4.69) is 18.9 Å². The summed E-state index contributed by atoms with van der Waals surface area (Å²) in [5.74, 6) is 1.21. The molecule has 2 N–H and O–H groups in total. The van der Waals surface area contributed by atoms with E-state index >= 15 is 0 Å². The van der Waals surface area contributed by atoms with Crippen molar-refractivity contribution in [3.05, 3.63) is 40.5 Å². The smallest absolute Gasteiger partial charge is 0.127 e. The molecule has 0 radical (unpaired) electrons. The van der Waals surface area contributed by atoms with Crippen LogP contribution in [0.4, 0.5) is 5.82 Å². The minimum Gasteiger partial charge on any atom is -0.384 e. The summed E-state index contributed by atoms with van der Waals surface area (Å²) in [5.41, 5.74) is 8.96. The highest BCUT2D eigenvalue weighted by Gasteiger charge is 2.09. The van der Waals surface area contributed by atoms with E-state index in [0.717, 1.165) is 28.4 Å². The van der Waals surface area contributed by atoms with Gasteiger partial charge in [0, 0.05) is 11.1 Å². The van der Waals surface area contributed by atoms with Crippen LogP contribution in [0.5, 0.6) is 0 Å². The molecule has 0 unspecified atom stereocenters. The van der Waals surface area contributed by atoms with Gasteiger partial charge in [0.2, 0.25) is 0 Å². The highest BCUT2D eigenvalue weighted by Crippen LogP contribution is 2.22. The lowest BCUT2D eigenvalue weighted by Gasteiger charge is -2.06. The maximum absolute atomic E-state index is 6.13. The molecule has 4 heteroatoms. The van der Waals surface area contributed by atoms with Crippen molar-refractivity contribution in [2.24, 2.45) is 5.92 Å². The summed E-state index contributed by atoms with van der Waals surface area (Å²) in [6, 6.07) is 7.76. The molecule has 1 aromatic heterocycles. The summed E-state index contributed by atoms with van der Waals surface area (Å²) >= 11 is 6.13. The third kappa shape index (κ3) is 2.67. The van der Waals surface area contributed by atoms with Gasteiger partial charge in [-0.1, -0.05) is 31.5 Å². The van der Waals surface area contributed by atoms with Crippen molar-refractivity contribution >= 4 is 17.4 Å². The van der Waals surface area contributed by atoms with Gasteiger partial charge in [0.15, 0.2) is 0 Å². The van der Waals surface area contributed by atoms with Crippen LogP contribution in [0.15, 0.2) is 24.3 Å². The molecule has 0 spiro atoms. The Labute approximate surface area is 113 Å². The van der Waals surface area contributed by atoms with E-state index in [1.165, 1.54) is 0 Å². The molecule has 2 rings (SSSR count). The minimum absolute atomic E-state index is 0.564. The van der Waals surface area contributed by atoms with Crippen LogP contribution < -0.4 is 5.73 Å². The van der Waals surface area contributed by atoms with Crippen LogP contribution in [0.1, 0.15) is 25.1 Å². The predicted molar refractivity (Wildman–Crippen MR) is 76.3 cm³/mol. The number of nitrogens with zero attached hydrogens (tertiary/aromatic N) is 2. The van der Waals surface area contributed by atoms with Gasteiger partial charge in [-0.2, -0.15) is 5.10 Å². The lowest BCUT2D eigenvalue weighted by atomic mass is 10.1. The number of nitrogens with two attached hydrogens (primary N) is 1. The fourth-order valence-electron chi connectivity index (χ4n) is 1.89. The molecule has 0 aliphatic carbocycles. The number of aryl methyl sites for hydroxylation is 1. The first-order valence-corrected chi connectivity index (χ1v) is 6.46. The van der Waals surface area contributed by atoms with Crippen molar-refractivity contribution in [1.82, 2.24) is 9.78 Å². The predicted octanol–water partition coefficient (Wildman–Crippen LogP) is 3.61. The van der Waals surface area contributed by atoms with Crippen LogP contribution in [0.25, 0.3) is 5.69 Å². The fraction of sp³-hybridized carbons (Fsp3) is 0.357. The zero-order valence-corrected chi connectivity index (χ0v) is 11.7. The molecular weight excluding hydrogens is 246 g/mol. The van der Waals surface area contributed by atoms with Gasteiger partial charge in [-0.05, 0) is 37.0 Å². The van der Waals surface area contributed by atoms with Gasteiger partial charge in [0.05, 0.1) is 11.4 Å². The van der Waals surface area contributed by atoms with Crippen molar-refractivity contribution in [3.8, 4) is 5.69 Å². The molecule has 96 valence electrons. The number of halogens is 1. The highest BCUT2D eigenvalue weighted by molar-refractivity contribution is 6.31. The second kappa shape index (κ2) is 5.02. The molecule has 18 heavy (non-hydrogen) atoms. The Hall–Kier alpha value is -1.48. The summed E-state index contributed by atoms with van der Waals surface area (Å²) in [6.07, 6.45) is 0.927. The lowest BCUT2D eigenvalue weighted by molar-refractivity contribution is 0.628. The summed E-state index contributed by atoms with van der Waals surface area (Å²) in [6.45, 7) is 6.30. The summed E-state index contributed by atoms with van der Waals surface area (Å²) in [4.78, 5) is 0. The van der Waals surface area contributed by atoms with Gasteiger partial charge >= 0.3 is 0 Å². The summed E-state index contributed by atoms with van der Waals surface area (Å²) in [7, 11) is 0. The first kappa shape index (κ1) is 13.0. The minimum atomic E-state index is 0.564. The van der Waals surface area contributed by atoms with E-state index in [9.17, 15) is 0 Å². The average Bonchev–Trinajstić information content (AvgIpc) is 2.62. The maximum atomic E-state index is 6.13. The molecule has 1 aromatic carbocycles. The van der Waals surface area contributed by atoms with Gasteiger partial charge in [-0.3, -0.25) is 0 Å². The van der Waals surface area contributed by atoms with Crippen molar-refractivity contribution in [2.75, 3.05) is 5.73 Å². The second-order valence-electron chi connectivity index (χ2n) is 5.00. The van der Waals surface area contributed by atoms with E-state index in [1.807, 2.05) is 31.2 Å². The fourth-order valence-corrected chi connectivity index (χ4v) is 2.06. The topological polar surface area (TPSA) is 43.8 Å². The zero-order chi connectivity index (χ0) is 13.3. The molecule has 2 aromatic rings. The lowest BCUT2D eigenvalue weighted by Crippen LogP contribution is -2.02. The third-order valence-electron chi connectivity index (χ3n) is 2.80. The molecule has 0 amide bonds. The first-order chi connectivity index (χ1) is 8.47. The van der Waals surface area contributed by atoms with Crippen LogP contribution in [-0.2, 0) is 6.42 Å². The monoisotopic (exact) mass is 263 g/mol. The number of nitrogen functional groups attached to an aromatic ring is 1. The van der Waals surface area contributed by atoms with E-state index in [-0.39, 0.29) is 0 Å². The summed E-state index contributed by atoms with van der Waals surface area (Å²) < 4.78 is 1.74. The van der Waals surface area contributed by atoms with Crippen molar-refractivity contribution in [3.63, 3.8) is 0 Å². The zero-order valence-electron chi connectivity index (χ0n) is 10.9. The molecule has 0 aliphatic rings. The van der Waals surface area contributed by atoms with Crippen LogP contribution in [0, 0.1) is 12.8 Å². The average molecular weight is 264 g/mol. The Morgan fingerprint density at radius 2 is 2.06 bits per heavy atom. The molecule has 3 nitrogen and oxygen atoms in total.